The Morgan fingerprint density at radius 2 is 2.00 bits per heavy atom. The molecule has 0 saturated heterocycles. The molecule has 1 N–H and O–H groups in total. The minimum absolute atomic E-state index is 0.0920. The highest BCUT2D eigenvalue weighted by Gasteiger charge is 2.36. The number of amides is 1. The van der Waals surface area contributed by atoms with E-state index >= 15 is 0 Å². The van der Waals surface area contributed by atoms with Gasteiger partial charge in [0.15, 0.2) is 0 Å². The monoisotopic (exact) mass is 366 g/mol. The Hall–Kier alpha value is -2.61. The van der Waals surface area contributed by atoms with Gasteiger partial charge in [0.05, 0.1) is 24.4 Å². The van der Waals surface area contributed by atoms with E-state index in [4.69, 9.17) is 9.47 Å². The first kappa shape index (κ1) is 18.2. The molecule has 2 heterocycles. The number of hydrogen-bond acceptors (Lipinski definition) is 4. The number of alkyl carbamates (subject to hydrolysis) is 1. The molecule has 1 aliphatic rings. The molecule has 5 nitrogen and oxygen atoms in total. The molecule has 0 fully saturated rings. The number of nitrogens with zero attached hydrogens (tertiary/aromatic N) is 1. The third kappa shape index (κ3) is 4.13. The summed E-state index contributed by atoms with van der Waals surface area (Å²) in [5.41, 5.74) is 0.500. The maximum Gasteiger partial charge on any atom is 0.433 e. The van der Waals surface area contributed by atoms with E-state index in [1.807, 2.05) is 30.3 Å². The number of carbonyl (C=O) groups excluding carboxylic acids is 1. The van der Waals surface area contributed by atoms with E-state index in [-0.39, 0.29) is 18.9 Å². The smallest absolute Gasteiger partial charge is 0.433 e. The quantitative estimate of drug-likeness (QED) is 0.886. The first-order chi connectivity index (χ1) is 12.3. The minimum Gasteiger partial charge on any atom is -0.445 e. The fourth-order valence-corrected chi connectivity index (χ4v) is 2.70. The number of rotatable bonds is 3. The van der Waals surface area contributed by atoms with Crippen molar-refractivity contribution in [2.24, 2.45) is 0 Å². The highest BCUT2D eigenvalue weighted by atomic mass is 19.4. The number of pyridine rings is 1. The molecule has 26 heavy (non-hydrogen) atoms. The van der Waals surface area contributed by atoms with E-state index < -0.39 is 30.1 Å². The second kappa shape index (κ2) is 7.33. The summed E-state index contributed by atoms with van der Waals surface area (Å²) in [4.78, 5) is 15.7. The average molecular weight is 366 g/mol. The first-order valence-corrected chi connectivity index (χ1v) is 8.01. The van der Waals surface area contributed by atoms with Crippen molar-refractivity contribution in [1.29, 1.82) is 0 Å². The molecule has 2 atom stereocenters. The van der Waals surface area contributed by atoms with Gasteiger partial charge in [-0.05, 0) is 18.6 Å². The van der Waals surface area contributed by atoms with Crippen LogP contribution in [0.2, 0.25) is 0 Å². The summed E-state index contributed by atoms with van der Waals surface area (Å²) >= 11 is 0. The van der Waals surface area contributed by atoms with Crippen molar-refractivity contribution in [2.45, 2.75) is 31.9 Å². The lowest BCUT2D eigenvalue weighted by Gasteiger charge is -2.30. The van der Waals surface area contributed by atoms with E-state index in [0.29, 0.717) is 5.56 Å². The van der Waals surface area contributed by atoms with Gasteiger partial charge in [-0.25, -0.2) is 9.78 Å². The van der Waals surface area contributed by atoms with E-state index in [1.54, 1.807) is 6.92 Å². The lowest BCUT2D eigenvalue weighted by atomic mass is 9.99. The second-order valence-corrected chi connectivity index (χ2v) is 5.90. The van der Waals surface area contributed by atoms with Crippen LogP contribution in [0.5, 0.6) is 0 Å². The molecule has 3 rings (SSSR count). The van der Waals surface area contributed by atoms with Crippen molar-refractivity contribution in [1.82, 2.24) is 10.3 Å². The minimum atomic E-state index is -4.54. The van der Waals surface area contributed by atoms with Gasteiger partial charge >= 0.3 is 12.3 Å². The molecule has 1 aromatic heterocycles. The van der Waals surface area contributed by atoms with Crippen LogP contribution in [0.4, 0.5) is 18.0 Å². The summed E-state index contributed by atoms with van der Waals surface area (Å²) < 4.78 is 49.2. The molecule has 8 heteroatoms. The largest absolute Gasteiger partial charge is 0.445 e. The zero-order valence-corrected chi connectivity index (χ0v) is 13.9. The Morgan fingerprint density at radius 3 is 2.69 bits per heavy atom. The van der Waals surface area contributed by atoms with Gasteiger partial charge in [0.25, 0.3) is 0 Å². The molecule has 1 unspecified atom stereocenters. The molecule has 1 aliphatic heterocycles. The van der Waals surface area contributed by atoms with Crippen LogP contribution >= 0.6 is 0 Å². The number of ether oxygens (including phenoxy) is 2. The molecular weight excluding hydrogens is 349 g/mol. The third-order valence-electron chi connectivity index (χ3n) is 4.03. The zero-order chi connectivity index (χ0) is 18.7. The summed E-state index contributed by atoms with van der Waals surface area (Å²) in [6, 6.07) is 10.7. The third-order valence-corrected chi connectivity index (χ3v) is 4.03. The SMILES string of the molecule is C[C@@H]1OCC(NC(=O)OCc2ccccc2)c2ccc(C(F)(F)F)nc21. The highest BCUT2D eigenvalue weighted by Crippen LogP contribution is 2.35. The van der Waals surface area contributed by atoms with Crippen LogP contribution in [0.1, 0.15) is 41.6 Å². The van der Waals surface area contributed by atoms with Gasteiger partial charge in [0.2, 0.25) is 0 Å². The molecule has 2 aromatic rings. The highest BCUT2D eigenvalue weighted by molar-refractivity contribution is 5.68. The summed E-state index contributed by atoms with van der Waals surface area (Å²) in [5.74, 6) is 0. The maximum atomic E-state index is 12.9. The van der Waals surface area contributed by atoms with Crippen molar-refractivity contribution in [2.75, 3.05) is 6.61 Å². The molecule has 0 aliphatic carbocycles. The predicted octanol–water partition coefficient (Wildman–Crippen LogP) is 4.16. The van der Waals surface area contributed by atoms with Gasteiger partial charge in [-0.1, -0.05) is 36.4 Å². The summed E-state index contributed by atoms with van der Waals surface area (Å²) in [7, 11) is 0. The van der Waals surface area contributed by atoms with Gasteiger partial charge in [-0.3, -0.25) is 0 Å². The van der Waals surface area contributed by atoms with Crippen molar-refractivity contribution < 1.29 is 27.4 Å². The zero-order valence-electron chi connectivity index (χ0n) is 13.9. The number of carbonyl (C=O) groups is 1. The molecule has 0 saturated carbocycles. The number of aromatic nitrogens is 1. The molecule has 138 valence electrons. The number of halogens is 3. The maximum absolute atomic E-state index is 12.9. The molecule has 0 radical (unpaired) electrons. The van der Waals surface area contributed by atoms with Gasteiger partial charge in [-0.2, -0.15) is 13.2 Å². The Morgan fingerprint density at radius 1 is 1.27 bits per heavy atom. The fourth-order valence-electron chi connectivity index (χ4n) is 2.70. The van der Waals surface area contributed by atoms with E-state index in [9.17, 15) is 18.0 Å². The lowest BCUT2D eigenvalue weighted by Crippen LogP contribution is -2.36. The van der Waals surface area contributed by atoms with Crippen molar-refractivity contribution in [3.63, 3.8) is 0 Å². The Balaban J connectivity index is 1.70. The number of fused-ring (bicyclic) bond motifs is 1. The topological polar surface area (TPSA) is 60.5 Å². The van der Waals surface area contributed by atoms with E-state index in [2.05, 4.69) is 10.3 Å². The summed E-state index contributed by atoms with van der Waals surface area (Å²) in [6.45, 7) is 1.84. The normalized spacial score (nSPS) is 19.5. The van der Waals surface area contributed by atoms with Crippen molar-refractivity contribution in [3.05, 3.63) is 65.0 Å². The first-order valence-electron chi connectivity index (χ1n) is 8.01. The van der Waals surface area contributed by atoms with Gasteiger partial charge in [-0.15, -0.1) is 0 Å². The summed E-state index contributed by atoms with van der Waals surface area (Å²) in [5, 5.41) is 2.62. The molecule has 0 spiro atoms. The van der Waals surface area contributed by atoms with Crippen LogP contribution < -0.4 is 5.32 Å². The van der Waals surface area contributed by atoms with Gasteiger partial charge in [0.1, 0.15) is 12.3 Å². The van der Waals surface area contributed by atoms with Crippen LogP contribution in [0, 0.1) is 0 Å². The number of nitrogens with one attached hydrogen (secondary N) is 1. The fraction of sp³-hybridized carbons (Fsp3) is 0.333. The Labute approximate surface area is 148 Å². The van der Waals surface area contributed by atoms with Crippen LogP contribution in [-0.2, 0) is 22.3 Å². The van der Waals surface area contributed by atoms with Crippen molar-refractivity contribution in [3.8, 4) is 0 Å². The number of benzene rings is 1. The van der Waals surface area contributed by atoms with Crippen LogP contribution in [0.3, 0.4) is 0 Å². The standard InChI is InChI=1S/C18H17F3N2O3/c1-11-16-13(7-8-15(23-16)18(19,20)21)14(10-25-11)22-17(24)26-9-12-5-3-2-4-6-12/h2-8,11,14H,9-10H2,1H3,(H,22,24)/t11-,14?/m0/s1. The van der Waals surface area contributed by atoms with Crippen LogP contribution in [-0.4, -0.2) is 17.7 Å². The molecule has 1 amide bonds. The van der Waals surface area contributed by atoms with Crippen LogP contribution in [0.25, 0.3) is 0 Å². The van der Waals surface area contributed by atoms with Gasteiger partial charge < -0.3 is 14.8 Å². The van der Waals surface area contributed by atoms with E-state index in [1.165, 1.54) is 6.07 Å². The van der Waals surface area contributed by atoms with Gasteiger partial charge in [0, 0.05) is 5.56 Å². The molecule has 0 bridgehead atoms. The van der Waals surface area contributed by atoms with Crippen molar-refractivity contribution >= 4 is 6.09 Å². The summed E-state index contributed by atoms with van der Waals surface area (Å²) in [6.07, 6.45) is -5.81. The van der Waals surface area contributed by atoms with E-state index in [0.717, 1.165) is 11.6 Å². The second-order valence-electron chi connectivity index (χ2n) is 5.90. The molecule has 1 aromatic carbocycles. The Bertz CT molecular complexity index is 781. The Kier molecular flexibility index (Phi) is 5.13. The van der Waals surface area contributed by atoms with Crippen LogP contribution in [0.15, 0.2) is 42.5 Å². The molecular formula is C18H17F3N2O3. The average Bonchev–Trinajstić information content (AvgIpc) is 2.62. The predicted molar refractivity (Wildman–Crippen MR) is 86.1 cm³/mol. The number of alkyl halides is 3. The lowest BCUT2D eigenvalue weighted by molar-refractivity contribution is -0.141. The number of hydrogen-bond donors (Lipinski definition) is 1.